The quantitative estimate of drug-likeness (QED) is 0.879. The molecule has 0 amide bonds. The Morgan fingerprint density at radius 3 is 2.47 bits per heavy atom. The number of halogens is 2. The summed E-state index contributed by atoms with van der Waals surface area (Å²) >= 11 is 6.85. The van der Waals surface area contributed by atoms with Gasteiger partial charge in [-0.05, 0) is 50.8 Å². The van der Waals surface area contributed by atoms with Gasteiger partial charge in [0.1, 0.15) is 5.69 Å². The van der Waals surface area contributed by atoms with Crippen LogP contribution in [-0.4, -0.2) is 21.0 Å². The Kier molecular flexibility index (Phi) is 3.91. The molecule has 1 saturated carbocycles. The molecule has 19 heavy (non-hydrogen) atoms. The van der Waals surface area contributed by atoms with Gasteiger partial charge in [-0.3, -0.25) is 4.98 Å². The van der Waals surface area contributed by atoms with Gasteiger partial charge in [-0.2, -0.15) is 0 Å². The monoisotopic (exact) mass is 382 g/mol. The van der Waals surface area contributed by atoms with Gasteiger partial charge in [0.2, 0.25) is 0 Å². The molecule has 0 aromatic carbocycles. The zero-order chi connectivity index (χ0) is 13.2. The fraction of sp³-hybridized carbons (Fsp3) is 0.308. The third kappa shape index (κ3) is 3.38. The number of rotatable bonds is 4. The van der Waals surface area contributed by atoms with Crippen molar-refractivity contribution in [3.8, 4) is 11.5 Å². The van der Waals surface area contributed by atoms with Gasteiger partial charge in [0.05, 0.1) is 0 Å². The molecule has 2 aromatic heterocycles. The van der Waals surface area contributed by atoms with E-state index in [0.717, 1.165) is 26.7 Å². The SMILES string of the molecule is Brc1cnc(-c2ncc(CNC3CC3)cn2)c(Br)c1. The first-order chi connectivity index (χ1) is 9.22. The lowest BCUT2D eigenvalue weighted by Crippen LogP contribution is -2.15. The van der Waals surface area contributed by atoms with Crippen molar-refractivity contribution in [3.63, 3.8) is 0 Å². The van der Waals surface area contributed by atoms with E-state index in [1.165, 1.54) is 12.8 Å². The Balaban J connectivity index is 1.76. The van der Waals surface area contributed by atoms with E-state index in [0.29, 0.717) is 11.9 Å². The van der Waals surface area contributed by atoms with Gasteiger partial charge in [0.15, 0.2) is 5.82 Å². The molecule has 98 valence electrons. The normalized spacial score (nSPS) is 14.6. The summed E-state index contributed by atoms with van der Waals surface area (Å²) in [4.78, 5) is 13.1. The molecule has 1 fully saturated rings. The maximum Gasteiger partial charge on any atom is 0.179 e. The van der Waals surface area contributed by atoms with E-state index >= 15 is 0 Å². The molecule has 0 bridgehead atoms. The number of aromatic nitrogens is 3. The largest absolute Gasteiger partial charge is 0.310 e. The van der Waals surface area contributed by atoms with Crippen molar-refractivity contribution in [3.05, 3.63) is 39.2 Å². The Bertz CT molecular complexity index is 582. The summed E-state index contributed by atoms with van der Waals surface area (Å²) in [5.41, 5.74) is 1.86. The fourth-order valence-electron chi connectivity index (χ4n) is 1.70. The first-order valence-corrected chi connectivity index (χ1v) is 7.67. The van der Waals surface area contributed by atoms with Crippen LogP contribution in [0.3, 0.4) is 0 Å². The molecule has 4 nitrogen and oxygen atoms in total. The van der Waals surface area contributed by atoms with Crippen LogP contribution < -0.4 is 5.32 Å². The third-order valence-corrected chi connectivity index (χ3v) is 3.94. The molecule has 0 aliphatic heterocycles. The van der Waals surface area contributed by atoms with Crippen LogP contribution in [0.25, 0.3) is 11.5 Å². The second kappa shape index (κ2) is 5.64. The van der Waals surface area contributed by atoms with E-state index in [4.69, 9.17) is 0 Å². The van der Waals surface area contributed by atoms with Crippen LogP contribution in [-0.2, 0) is 6.54 Å². The minimum absolute atomic E-state index is 0.634. The van der Waals surface area contributed by atoms with Crippen molar-refractivity contribution in [1.82, 2.24) is 20.3 Å². The molecule has 6 heteroatoms. The molecular weight excluding hydrogens is 372 g/mol. The molecule has 0 unspecified atom stereocenters. The second-order valence-corrected chi connectivity index (χ2v) is 6.32. The zero-order valence-corrected chi connectivity index (χ0v) is 13.3. The maximum atomic E-state index is 4.38. The summed E-state index contributed by atoms with van der Waals surface area (Å²) in [6.07, 6.45) is 8.02. The van der Waals surface area contributed by atoms with Crippen LogP contribution in [0.2, 0.25) is 0 Å². The predicted molar refractivity (Wildman–Crippen MR) is 80.5 cm³/mol. The van der Waals surface area contributed by atoms with Crippen molar-refractivity contribution in [2.45, 2.75) is 25.4 Å². The van der Waals surface area contributed by atoms with Gasteiger partial charge in [-0.1, -0.05) is 0 Å². The smallest absolute Gasteiger partial charge is 0.179 e. The van der Waals surface area contributed by atoms with E-state index in [1.807, 2.05) is 18.5 Å². The Labute approximate surface area is 128 Å². The van der Waals surface area contributed by atoms with E-state index in [-0.39, 0.29) is 0 Å². The Hall–Kier alpha value is -0.850. The minimum atomic E-state index is 0.634. The number of hydrogen-bond donors (Lipinski definition) is 1. The average molecular weight is 384 g/mol. The Morgan fingerprint density at radius 1 is 1.11 bits per heavy atom. The number of nitrogens with one attached hydrogen (secondary N) is 1. The van der Waals surface area contributed by atoms with Gasteiger partial charge in [-0.25, -0.2) is 9.97 Å². The van der Waals surface area contributed by atoms with Crippen molar-refractivity contribution >= 4 is 31.9 Å². The highest BCUT2D eigenvalue weighted by Gasteiger charge is 2.20. The summed E-state index contributed by atoms with van der Waals surface area (Å²) in [5.74, 6) is 0.634. The van der Waals surface area contributed by atoms with Crippen molar-refractivity contribution in [2.24, 2.45) is 0 Å². The molecule has 0 saturated heterocycles. The summed E-state index contributed by atoms with van der Waals surface area (Å²) in [5, 5.41) is 3.44. The average Bonchev–Trinajstić information content (AvgIpc) is 3.21. The number of nitrogens with zero attached hydrogens (tertiary/aromatic N) is 3. The molecule has 2 heterocycles. The molecule has 0 atom stereocenters. The maximum absolute atomic E-state index is 4.38. The topological polar surface area (TPSA) is 50.7 Å². The van der Waals surface area contributed by atoms with Crippen molar-refractivity contribution in [1.29, 1.82) is 0 Å². The fourth-order valence-corrected chi connectivity index (χ4v) is 2.86. The standard InChI is InChI=1S/C13H12Br2N4/c14-9-3-11(15)12(17-7-9)13-18-5-8(6-19-13)4-16-10-1-2-10/h3,5-7,10,16H,1-2,4H2. The molecule has 3 rings (SSSR count). The first-order valence-electron chi connectivity index (χ1n) is 6.08. The molecule has 1 aliphatic carbocycles. The van der Waals surface area contributed by atoms with E-state index < -0.39 is 0 Å². The summed E-state index contributed by atoms with van der Waals surface area (Å²) < 4.78 is 1.80. The first kappa shape index (κ1) is 13.1. The van der Waals surface area contributed by atoms with Crippen molar-refractivity contribution in [2.75, 3.05) is 0 Å². The molecule has 0 spiro atoms. The highest BCUT2D eigenvalue weighted by atomic mass is 79.9. The van der Waals surface area contributed by atoms with E-state index in [2.05, 4.69) is 52.1 Å². The van der Waals surface area contributed by atoms with Gasteiger partial charge >= 0.3 is 0 Å². The Morgan fingerprint density at radius 2 is 1.84 bits per heavy atom. The molecule has 2 aromatic rings. The summed E-state index contributed by atoms with van der Waals surface area (Å²) in [6, 6.07) is 2.64. The van der Waals surface area contributed by atoms with E-state index in [9.17, 15) is 0 Å². The van der Waals surface area contributed by atoms with Gasteiger partial charge < -0.3 is 5.32 Å². The van der Waals surface area contributed by atoms with Crippen LogP contribution >= 0.6 is 31.9 Å². The highest BCUT2D eigenvalue weighted by Crippen LogP contribution is 2.26. The molecular formula is C13H12Br2N4. The second-order valence-electron chi connectivity index (χ2n) is 4.55. The lowest BCUT2D eigenvalue weighted by molar-refractivity contribution is 0.683. The lowest BCUT2D eigenvalue weighted by Gasteiger charge is -2.05. The predicted octanol–water partition coefficient (Wildman–Crippen LogP) is 3.32. The van der Waals surface area contributed by atoms with Crippen molar-refractivity contribution < 1.29 is 0 Å². The third-order valence-electron chi connectivity index (χ3n) is 2.90. The number of pyridine rings is 1. The van der Waals surface area contributed by atoms with Crippen LogP contribution in [0, 0.1) is 0 Å². The van der Waals surface area contributed by atoms with Crippen LogP contribution in [0.15, 0.2) is 33.6 Å². The summed E-state index contributed by atoms with van der Waals surface area (Å²) in [6.45, 7) is 0.833. The van der Waals surface area contributed by atoms with Gasteiger partial charge in [0, 0.05) is 45.7 Å². The minimum Gasteiger partial charge on any atom is -0.310 e. The number of hydrogen-bond acceptors (Lipinski definition) is 4. The highest BCUT2D eigenvalue weighted by molar-refractivity contribution is 9.11. The molecule has 1 aliphatic rings. The zero-order valence-electron chi connectivity index (χ0n) is 10.1. The summed E-state index contributed by atoms with van der Waals surface area (Å²) in [7, 11) is 0. The van der Waals surface area contributed by atoms with Crippen LogP contribution in [0.5, 0.6) is 0 Å². The lowest BCUT2D eigenvalue weighted by atomic mass is 10.3. The molecule has 0 radical (unpaired) electrons. The van der Waals surface area contributed by atoms with Crippen LogP contribution in [0.4, 0.5) is 0 Å². The van der Waals surface area contributed by atoms with Crippen LogP contribution in [0.1, 0.15) is 18.4 Å². The van der Waals surface area contributed by atoms with E-state index in [1.54, 1.807) is 6.20 Å². The molecule has 1 N–H and O–H groups in total. The van der Waals surface area contributed by atoms with Gasteiger partial charge in [-0.15, -0.1) is 0 Å². The van der Waals surface area contributed by atoms with Gasteiger partial charge in [0.25, 0.3) is 0 Å².